The van der Waals surface area contributed by atoms with Gasteiger partial charge in [0.05, 0.1) is 30.9 Å². The summed E-state index contributed by atoms with van der Waals surface area (Å²) in [5.74, 6) is 0.166. The normalized spacial score (nSPS) is 17.3. The van der Waals surface area contributed by atoms with Crippen molar-refractivity contribution in [3.63, 3.8) is 0 Å². The Labute approximate surface area is 230 Å². The summed E-state index contributed by atoms with van der Waals surface area (Å²) in [5.41, 5.74) is -0.0329. The second-order valence-electron chi connectivity index (χ2n) is 9.92. The molecule has 1 aromatic heterocycles. The van der Waals surface area contributed by atoms with Gasteiger partial charge in [0, 0.05) is 11.5 Å². The van der Waals surface area contributed by atoms with E-state index in [2.05, 4.69) is 0 Å². The SMILES string of the molecule is COc1ccc(C(=O)O[C@H]2c3c(ccc4c(C)cc(=O)oc34)OC(C)(C)[C@H]2OC(=O)c2ccc(OC)cc2)cc1. The third-order valence-corrected chi connectivity index (χ3v) is 6.86. The lowest BCUT2D eigenvalue weighted by Crippen LogP contribution is -2.52. The average Bonchev–Trinajstić information content (AvgIpc) is 2.94. The molecule has 1 aliphatic rings. The standard InChI is InChI=1S/C31H28O9/c1-17-16-24(32)37-26-22(17)14-15-23-25(26)27(38-29(33)18-6-10-20(35-4)11-7-18)28(31(2,3)40-23)39-30(34)19-8-12-21(36-5)13-9-19/h6-16,27-28H,1-5H3/t27-,28-/m0/s1. The Morgan fingerprint density at radius 1 is 0.800 bits per heavy atom. The van der Waals surface area contributed by atoms with Crippen molar-refractivity contribution in [2.75, 3.05) is 14.2 Å². The maximum atomic E-state index is 13.4. The smallest absolute Gasteiger partial charge is 0.338 e. The molecule has 9 nitrogen and oxygen atoms in total. The molecule has 0 amide bonds. The largest absolute Gasteiger partial charge is 0.497 e. The Bertz CT molecular complexity index is 1630. The number of rotatable bonds is 6. The van der Waals surface area contributed by atoms with Crippen molar-refractivity contribution in [3.8, 4) is 17.2 Å². The number of methoxy groups -OCH3 is 2. The number of aryl methyl sites for hydroxylation is 1. The van der Waals surface area contributed by atoms with Crippen molar-refractivity contribution in [3.05, 3.63) is 99.4 Å². The van der Waals surface area contributed by atoms with Crippen LogP contribution in [0.1, 0.15) is 51.8 Å². The minimum Gasteiger partial charge on any atom is -0.497 e. The first-order valence-electron chi connectivity index (χ1n) is 12.6. The van der Waals surface area contributed by atoms with Crippen LogP contribution in [0.2, 0.25) is 0 Å². The van der Waals surface area contributed by atoms with Crippen LogP contribution in [0, 0.1) is 6.92 Å². The van der Waals surface area contributed by atoms with E-state index in [1.165, 1.54) is 20.3 Å². The van der Waals surface area contributed by atoms with Crippen LogP contribution in [0.15, 0.2) is 75.9 Å². The fourth-order valence-electron chi connectivity index (χ4n) is 4.75. The second kappa shape index (κ2) is 10.4. The van der Waals surface area contributed by atoms with E-state index < -0.39 is 35.4 Å². The van der Waals surface area contributed by atoms with Crippen molar-refractivity contribution in [1.29, 1.82) is 0 Å². The molecule has 206 valence electrons. The van der Waals surface area contributed by atoms with E-state index in [0.717, 1.165) is 0 Å². The van der Waals surface area contributed by atoms with Crippen LogP contribution in [0.4, 0.5) is 0 Å². The fraction of sp³-hybridized carbons (Fsp3) is 0.258. The Hall–Kier alpha value is -4.79. The number of carbonyl (C=O) groups is 2. The summed E-state index contributed by atoms with van der Waals surface area (Å²) >= 11 is 0. The molecule has 2 heterocycles. The van der Waals surface area contributed by atoms with Crippen LogP contribution in [0.25, 0.3) is 11.0 Å². The molecule has 1 aliphatic heterocycles. The molecule has 0 saturated carbocycles. The first kappa shape index (κ1) is 26.8. The van der Waals surface area contributed by atoms with E-state index in [4.69, 9.17) is 28.1 Å². The van der Waals surface area contributed by atoms with Crippen molar-refractivity contribution in [2.45, 2.75) is 38.6 Å². The summed E-state index contributed by atoms with van der Waals surface area (Å²) in [6, 6.07) is 17.7. The predicted molar refractivity (Wildman–Crippen MR) is 145 cm³/mol. The van der Waals surface area contributed by atoms with Gasteiger partial charge in [0.1, 0.15) is 28.4 Å². The van der Waals surface area contributed by atoms with Crippen LogP contribution >= 0.6 is 0 Å². The number of hydrogen-bond acceptors (Lipinski definition) is 9. The molecule has 0 saturated heterocycles. The topological polar surface area (TPSA) is 111 Å². The maximum absolute atomic E-state index is 13.4. The minimum atomic E-state index is -1.18. The average molecular weight is 545 g/mol. The van der Waals surface area contributed by atoms with Crippen molar-refractivity contribution < 1.29 is 37.7 Å². The summed E-state index contributed by atoms with van der Waals surface area (Å²) < 4.78 is 34.3. The van der Waals surface area contributed by atoms with Crippen molar-refractivity contribution >= 4 is 22.9 Å². The number of hydrogen-bond donors (Lipinski definition) is 0. The zero-order chi connectivity index (χ0) is 28.6. The summed E-state index contributed by atoms with van der Waals surface area (Å²) in [6.45, 7) is 5.23. The molecule has 0 radical (unpaired) electrons. The molecule has 0 unspecified atom stereocenters. The third-order valence-electron chi connectivity index (χ3n) is 6.86. The highest BCUT2D eigenvalue weighted by Crippen LogP contribution is 2.47. The van der Waals surface area contributed by atoms with E-state index in [1.807, 2.05) is 0 Å². The number of benzene rings is 3. The predicted octanol–water partition coefficient (Wildman–Crippen LogP) is 5.41. The highest BCUT2D eigenvalue weighted by Gasteiger charge is 2.50. The molecule has 0 aliphatic carbocycles. The van der Waals surface area contributed by atoms with E-state index in [9.17, 15) is 14.4 Å². The number of ether oxygens (including phenoxy) is 5. The van der Waals surface area contributed by atoms with Crippen molar-refractivity contribution in [2.24, 2.45) is 0 Å². The van der Waals surface area contributed by atoms with Gasteiger partial charge in [0.2, 0.25) is 0 Å². The Balaban J connectivity index is 1.62. The lowest BCUT2D eigenvalue weighted by atomic mass is 9.86. The summed E-state index contributed by atoms with van der Waals surface area (Å²) in [4.78, 5) is 39.1. The Morgan fingerprint density at radius 3 is 1.90 bits per heavy atom. The quantitative estimate of drug-likeness (QED) is 0.232. The molecule has 0 fully saturated rings. The van der Waals surface area contributed by atoms with Gasteiger partial charge in [-0.1, -0.05) is 0 Å². The molecular weight excluding hydrogens is 516 g/mol. The number of carbonyl (C=O) groups excluding carboxylic acids is 2. The zero-order valence-corrected chi connectivity index (χ0v) is 22.7. The summed E-state index contributed by atoms with van der Waals surface area (Å²) in [5, 5.41) is 0.632. The highest BCUT2D eigenvalue weighted by molar-refractivity contribution is 5.92. The van der Waals surface area contributed by atoms with Gasteiger partial charge in [-0.2, -0.15) is 0 Å². The molecule has 0 bridgehead atoms. The molecule has 0 spiro atoms. The van der Waals surface area contributed by atoms with Crippen LogP contribution in [0.5, 0.6) is 17.2 Å². The Kier molecular flexibility index (Phi) is 6.97. The van der Waals surface area contributed by atoms with E-state index in [0.29, 0.717) is 33.8 Å². The van der Waals surface area contributed by atoms with Crippen LogP contribution < -0.4 is 19.8 Å². The van der Waals surface area contributed by atoms with E-state index in [-0.39, 0.29) is 16.7 Å². The van der Waals surface area contributed by atoms with Gasteiger partial charge in [-0.3, -0.25) is 0 Å². The molecule has 0 N–H and O–H groups in total. The minimum absolute atomic E-state index is 0.191. The fourth-order valence-corrected chi connectivity index (χ4v) is 4.75. The second-order valence-corrected chi connectivity index (χ2v) is 9.92. The first-order chi connectivity index (χ1) is 19.1. The maximum Gasteiger partial charge on any atom is 0.338 e. The van der Waals surface area contributed by atoms with Gasteiger partial charge in [0.25, 0.3) is 0 Å². The molecule has 4 aromatic rings. The van der Waals surface area contributed by atoms with Crippen LogP contribution in [0.3, 0.4) is 0 Å². The third kappa shape index (κ3) is 4.98. The zero-order valence-electron chi connectivity index (χ0n) is 22.7. The van der Waals surface area contributed by atoms with Crippen LogP contribution in [-0.4, -0.2) is 37.9 Å². The van der Waals surface area contributed by atoms with Gasteiger partial charge in [-0.05, 0) is 87.0 Å². The number of esters is 2. The van der Waals surface area contributed by atoms with Gasteiger partial charge >= 0.3 is 17.6 Å². The molecule has 3 aromatic carbocycles. The number of fused-ring (bicyclic) bond motifs is 3. The lowest BCUT2D eigenvalue weighted by Gasteiger charge is -2.43. The van der Waals surface area contributed by atoms with E-state index in [1.54, 1.807) is 81.4 Å². The molecule has 2 atom stereocenters. The molecule has 9 heteroatoms. The highest BCUT2D eigenvalue weighted by atomic mass is 16.6. The van der Waals surface area contributed by atoms with Gasteiger partial charge in [-0.25, -0.2) is 14.4 Å². The first-order valence-corrected chi connectivity index (χ1v) is 12.6. The summed E-state index contributed by atoms with van der Waals surface area (Å²) in [7, 11) is 3.05. The molecular formula is C31H28O9. The van der Waals surface area contributed by atoms with E-state index >= 15 is 0 Å². The van der Waals surface area contributed by atoms with Gasteiger partial charge < -0.3 is 28.1 Å². The monoisotopic (exact) mass is 544 g/mol. The molecule has 5 rings (SSSR count). The van der Waals surface area contributed by atoms with Crippen molar-refractivity contribution in [1.82, 2.24) is 0 Å². The molecule has 40 heavy (non-hydrogen) atoms. The van der Waals surface area contributed by atoms with Crippen LogP contribution in [-0.2, 0) is 9.47 Å². The Morgan fingerprint density at radius 2 is 1.35 bits per heavy atom. The lowest BCUT2D eigenvalue weighted by molar-refractivity contribution is -0.122. The van der Waals surface area contributed by atoms with Gasteiger partial charge in [0.15, 0.2) is 12.2 Å². The van der Waals surface area contributed by atoms with Gasteiger partial charge in [-0.15, -0.1) is 0 Å². The summed E-state index contributed by atoms with van der Waals surface area (Å²) in [6.07, 6.45) is -2.29.